The molecule has 2 aromatic carbocycles. The van der Waals surface area contributed by atoms with E-state index in [4.69, 9.17) is 4.74 Å². The van der Waals surface area contributed by atoms with Crippen molar-refractivity contribution in [2.45, 2.75) is 13.8 Å². The molecule has 0 saturated heterocycles. The molecule has 0 aliphatic rings. The van der Waals surface area contributed by atoms with Gasteiger partial charge in [-0.1, -0.05) is 0 Å². The number of benzene rings is 2. The van der Waals surface area contributed by atoms with Gasteiger partial charge in [0, 0.05) is 11.3 Å². The van der Waals surface area contributed by atoms with Gasteiger partial charge in [-0.2, -0.15) is 0 Å². The fourth-order valence-corrected chi connectivity index (χ4v) is 2.06. The molecule has 104 valence electrons. The predicted octanol–water partition coefficient (Wildman–Crippen LogP) is 3.27. The van der Waals surface area contributed by atoms with Gasteiger partial charge in [0.15, 0.2) is 0 Å². The molecule has 0 spiro atoms. The quantitative estimate of drug-likeness (QED) is 0.900. The second kappa shape index (κ2) is 5.65. The van der Waals surface area contributed by atoms with Crippen LogP contribution in [0.25, 0.3) is 0 Å². The van der Waals surface area contributed by atoms with Crippen LogP contribution in [0.3, 0.4) is 0 Å². The summed E-state index contributed by atoms with van der Waals surface area (Å²) in [5, 5.41) is 12.2. The van der Waals surface area contributed by atoms with Crippen molar-refractivity contribution in [2.75, 3.05) is 12.4 Å². The third-order valence-electron chi connectivity index (χ3n) is 3.11. The first kappa shape index (κ1) is 13.9. The molecule has 0 heterocycles. The normalized spacial score (nSPS) is 10.2. The first-order chi connectivity index (χ1) is 9.51. The number of phenolic OH excluding ortho intramolecular Hbond substituents is 1. The molecule has 4 nitrogen and oxygen atoms in total. The largest absolute Gasteiger partial charge is 0.508 e. The molecule has 0 aromatic heterocycles. The zero-order chi connectivity index (χ0) is 14.7. The fourth-order valence-electron chi connectivity index (χ4n) is 2.06. The van der Waals surface area contributed by atoms with Crippen molar-refractivity contribution in [1.82, 2.24) is 0 Å². The van der Waals surface area contributed by atoms with E-state index in [0.29, 0.717) is 11.3 Å². The van der Waals surface area contributed by atoms with Crippen LogP contribution >= 0.6 is 0 Å². The number of carbonyl (C=O) groups excluding carboxylic acids is 1. The van der Waals surface area contributed by atoms with Crippen molar-refractivity contribution in [3.8, 4) is 11.5 Å². The van der Waals surface area contributed by atoms with Gasteiger partial charge < -0.3 is 15.2 Å². The topological polar surface area (TPSA) is 58.6 Å². The number of amides is 1. The SMILES string of the molecule is COc1ccc(NC(=O)c2ccc(O)cc2C)cc1C. The van der Waals surface area contributed by atoms with Crippen molar-refractivity contribution in [1.29, 1.82) is 0 Å². The molecule has 2 aromatic rings. The highest BCUT2D eigenvalue weighted by Crippen LogP contribution is 2.22. The van der Waals surface area contributed by atoms with Gasteiger partial charge in [-0.05, 0) is 61.4 Å². The van der Waals surface area contributed by atoms with Gasteiger partial charge in [-0.25, -0.2) is 0 Å². The maximum absolute atomic E-state index is 12.2. The molecule has 20 heavy (non-hydrogen) atoms. The molecular formula is C16H17NO3. The van der Waals surface area contributed by atoms with Crippen molar-refractivity contribution in [3.05, 3.63) is 53.1 Å². The van der Waals surface area contributed by atoms with Crippen LogP contribution in [-0.2, 0) is 0 Å². The van der Waals surface area contributed by atoms with Crippen LogP contribution in [0.5, 0.6) is 11.5 Å². The van der Waals surface area contributed by atoms with Crippen LogP contribution in [0.1, 0.15) is 21.5 Å². The van der Waals surface area contributed by atoms with E-state index in [1.54, 1.807) is 32.2 Å². The lowest BCUT2D eigenvalue weighted by molar-refractivity contribution is 0.102. The molecule has 0 fully saturated rings. The third kappa shape index (κ3) is 2.91. The van der Waals surface area contributed by atoms with E-state index in [9.17, 15) is 9.90 Å². The Balaban J connectivity index is 2.21. The minimum atomic E-state index is -0.202. The lowest BCUT2D eigenvalue weighted by atomic mass is 10.1. The van der Waals surface area contributed by atoms with Crippen molar-refractivity contribution < 1.29 is 14.6 Å². The van der Waals surface area contributed by atoms with E-state index >= 15 is 0 Å². The molecule has 2 N–H and O–H groups in total. The summed E-state index contributed by atoms with van der Waals surface area (Å²) in [7, 11) is 1.61. The highest BCUT2D eigenvalue weighted by atomic mass is 16.5. The number of aryl methyl sites for hydroxylation is 2. The van der Waals surface area contributed by atoms with Gasteiger partial charge in [0.25, 0.3) is 5.91 Å². The molecule has 0 saturated carbocycles. The molecule has 0 atom stereocenters. The molecule has 0 aliphatic carbocycles. The first-order valence-electron chi connectivity index (χ1n) is 6.27. The average Bonchev–Trinajstić information content (AvgIpc) is 2.38. The monoisotopic (exact) mass is 271 g/mol. The van der Waals surface area contributed by atoms with Gasteiger partial charge in [0.1, 0.15) is 11.5 Å². The van der Waals surface area contributed by atoms with E-state index in [1.807, 2.05) is 19.1 Å². The smallest absolute Gasteiger partial charge is 0.255 e. The number of rotatable bonds is 3. The van der Waals surface area contributed by atoms with E-state index in [-0.39, 0.29) is 11.7 Å². The number of methoxy groups -OCH3 is 1. The van der Waals surface area contributed by atoms with Crippen LogP contribution in [-0.4, -0.2) is 18.1 Å². The molecule has 0 unspecified atom stereocenters. The summed E-state index contributed by atoms with van der Waals surface area (Å²) in [6.45, 7) is 3.70. The number of aromatic hydroxyl groups is 1. The summed E-state index contributed by atoms with van der Waals surface area (Å²) in [6, 6.07) is 10.1. The Morgan fingerprint density at radius 3 is 2.45 bits per heavy atom. The summed E-state index contributed by atoms with van der Waals surface area (Å²) in [6.07, 6.45) is 0. The molecule has 4 heteroatoms. The highest BCUT2D eigenvalue weighted by Gasteiger charge is 2.10. The zero-order valence-corrected chi connectivity index (χ0v) is 11.7. The highest BCUT2D eigenvalue weighted by molar-refractivity contribution is 6.05. The van der Waals surface area contributed by atoms with E-state index in [2.05, 4.69) is 5.32 Å². The Morgan fingerprint density at radius 1 is 1.10 bits per heavy atom. The Hall–Kier alpha value is -2.49. The number of phenols is 1. The molecule has 2 rings (SSSR count). The van der Waals surface area contributed by atoms with Crippen LogP contribution < -0.4 is 10.1 Å². The summed E-state index contributed by atoms with van der Waals surface area (Å²) in [5.74, 6) is 0.732. The second-order valence-electron chi connectivity index (χ2n) is 4.64. The number of ether oxygens (including phenoxy) is 1. The Bertz CT molecular complexity index is 650. The first-order valence-corrected chi connectivity index (χ1v) is 6.27. The average molecular weight is 271 g/mol. The zero-order valence-electron chi connectivity index (χ0n) is 11.7. The number of anilines is 1. The minimum Gasteiger partial charge on any atom is -0.508 e. The summed E-state index contributed by atoms with van der Waals surface area (Å²) in [4.78, 5) is 12.2. The van der Waals surface area contributed by atoms with Gasteiger partial charge in [0.05, 0.1) is 7.11 Å². The van der Waals surface area contributed by atoms with Gasteiger partial charge >= 0.3 is 0 Å². The summed E-state index contributed by atoms with van der Waals surface area (Å²) >= 11 is 0. The molecule has 1 amide bonds. The minimum absolute atomic E-state index is 0.152. The van der Waals surface area contributed by atoms with Crippen LogP contribution in [0.15, 0.2) is 36.4 Å². The van der Waals surface area contributed by atoms with Gasteiger partial charge in [-0.3, -0.25) is 4.79 Å². The summed E-state index contributed by atoms with van der Waals surface area (Å²) in [5.41, 5.74) is 2.93. The maximum Gasteiger partial charge on any atom is 0.255 e. The number of hydrogen-bond acceptors (Lipinski definition) is 3. The third-order valence-corrected chi connectivity index (χ3v) is 3.11. The number of hydrogen-bond donors (Lipinski definition) is 2. The van der Waals surface area contributed by atoms with Gasteiger partial charge in [-0.15, -0.1) is 0 Å². The van der Waals surface area contributed by atoms with E-state index < -0.39 is 0 Å². The van der Waals surface area contributed by atoms with Crippen LogP contribution in [0, 0.1) is 13.8 Å². The number of carbonyl (C=O) groups is 1. The molecule has 0 bridgehead atoms. The molecule has 0 radical (unpaired) electrons. The van der Waals surface area contributed by atoms with Crippen LogP contribution in [0.2, 0.25) is 0 Å². The van der Waals surface area contributed by atoms with E-state index in [0.717, 1.165) is 16.9 Å². The second-order valence-corrected chi connectivity index (χ2v) is 4.64. The Morgan fingerprint density at radius 2 is 1.85 bits per heavy atom. The van der Waals surface area contributed by atoms with E-state index in [1.165, 1.54) is 6.07 Å². The molecular weight excluding hydrogens is 254 g/mol. The van der Waals surface area contributed by atoms with Crippen molar-refractivity contribution in [2.24, 2.45) is 0 Å². The Labute approximate surface area is 118 Å². The molecule has 0 aliphatic heterocycles. The number of nitrogens with one attached hydrogen (secondary N) is 1. The Kier molecular flexibility index (Phi) is 3.94. The predicted molar refractivity (Wildman–Crippen MR) is 78.5 cm³/mol. The van der Waals surface area contributed by atoms with Crippen molar-refractivity contribution in [3.63, 3.8) is 0 Å². The van der Waals surface area contributed by atoms with Crippen LogP contribution in [0.4, 0.5) is 5.69 Å². The fraction of sp³-hybridized carbons (Fsp3) is 0.188. The van der Waals surface area contributed by atoms with Gasteiger partial charge in [0.2, 0.25) is 0 Å². The van der Waals surface area contributed by atoms with Crippen molar-refractivity contribution >= 4 is 11.6 Å². The standard InChI is InChI=1S/C16H17NO3/c1-10-9-13(18)5-6-14(10)16(19)17-12-4-7-15(20-3)11(2)8-12/h4-9,18H,1-3H3,(H,17,19). The summed E-state index contributed by atoms with van der Waals surface area (Å²) < 4.78 is 5.18. The lowest BCUT2D eigenvalue weighted by Gasteiger charge is -2.10. The lowest BCUT2D eigenvalue weighted by Crippen LogP contribution is -2.13. The maximum atomic E-state index is 12.2.